The van der Waals surface area contributed by atoms with E-state index in [1.165, 1.54) is 18.4 Å². The first kappa shape index (κ1) is 11.8. The molecule has 1 atom stereocenters. The lowest BCUT2D eigenvalue weighted by molar-refractivity contribution is -0.145. The van der Waals surface area contributed by atoms with Crippen molar-refractivity contribution in [3.05, 3.63) is 11.6 Å². The van der Waals surface area contributed by atoms with Crippen molar-refractivity contribution in [2.75, 3.05) is 0 Å². The Balaban J connectivity index is 2.42. The quantitative estimate of drug-likeness (QED) is 0.513. The van der Waals surface area contributed by atoms with Gasteiger partial charge >= 0.3 is 5.97 Å². The van der Waals surface area contributed by atoms with Crippen LogP contribution in [0.15, 0.2) is 11.6 Å². The zero-order valence-electron chi connectivity index (χ0n) is 9.51. The molecule has 0 spiro atoms. The topological polar surface area (TPSA) is 26.3 Å². The first-order valence-corrected chi connectivity index (χ1v) is 5.62. The number of esters is 1. The average molecular weight is 206 g/mol. The number of hydrogen-bond donors (Lipinski definition) is 0. The fourth-order valence-electron chi connectivity index (χ4n) is 1.46. The van der Waals surface area contributed by atoms with Crippen molar-refractivity contribution in [3.8, 4) is 11.8 Å². The van der Waals surface area contributed by atoms with E-state index >= 15 is 0 Å². The summed E-state index contributed by atoms with van der Waals surface area (Å²) in [6.45, 7) is 3.59. The zero-order valence-corrected chi connectivity index (χ0v) is 9.51. The standard InChI is InChI=1S/C13H18O2/c1-3-13(14)15-11(2)9-10-12-7-5-4-6-8-12/h7,11H,3-6,8H2,1-2H3/t11-/m1/s1. The van der Waals surface area contributed by atoms with Gasteiger partial charge < -0.3 is 4.74 Å². The molecule has 2 heteroatoms. The lowest BCUT2D eigenvalue weighted by atomic mass is 10.00. The van der Waals surface area contributed by atoms with Gasteiger partial charge in [-0.05, 0) is 38.2 Å². The smallest absolute Gasteiger partial charge is 0.306 e. The van der Waals surface area contributed by atoms with E-state index in [1.54, 1.807) is 6.92 Å². The SMILES string of the molecule is CCC(=O)O[C@H](C)C#CC1=CCCCC1. The number of rotatable bonds is 2. The molecule has 0 aromatic heterocycles. The summed E-state index contributed by atoms with van der Waals surface area (Å²) >= 11 is 0. The molecule has 0 fully saturated rings. The molecule has 0 bridgehead atoms. The van der Waals surface area contributed by atoms with Crippen LogP contribution in [0.3, 0.4) is 0 Å². The first-order valence-electron chi connectivity index (χ1n) is 5.62. The molecule has 82 valence electrons. The van der Waals surface area contributed by atoms with E-state index in [0.717, 1.165) is 12.8 Å². The molecule has 0 saturated heterocycles. The Morgan fingerprint density at radius 3 is 3.00 bits per heavy atom. The molecule has 0 amide bonds. The predicted octanol–water partition coefficient (Wildman–Crippen LogP) is 2.83. The highest BCUT2D eigenvalue weighted by Crippen LogP contribution is 2.16. The highest BCUT2D eigenvalue weighted by molar-refractivity contribution is 5.69. The highest BCUT2D eigenvalue weighted by atomic mass is 16.5. The summed E-state index contributed by atoms with van der Waals surface area (Å²) < 4.78 is 5.05. The van der Waals surface area contributed by atoms with Crippen molar-refractivity contribution < 1.29 is 9.53 Å². The summed E-state index contributed by atoms with van der Waals surface area (Å²) in [6.07, 6.45) is 7.00. The van der Waals surface area contributed by atoms with Crippen LogP contribution < -0.4 is 0 Å². The molecular formula is C13H18O2. The molecule has 15 heavy (non-hydrogen) atoms. The molecule has 0 heterocycles. The van der Waals surface area contributed by atoms with Gasteiger partial charge in [-0.1, -0.05) is 24.8 Å². The summed E-state index contributed by atoms with van der Waals surface area (Å²) in [6, 6.07) is 0. The fourth-order valence-corrected chi connectivity index (χ4v) is 1.46. The molecular weight excluding hydrogens is 188 g/mol. The Bertz CT molecular complexity index is 304. The van der Waals surface area contributed by atoms with Crippen LogP contribution >= 0.6 is 0 Å². The third-order valence-corrected chi connectivity index (χ3v) is 2.32. The summed E-state index contributed by atoms with van der Waals surface area (Å²) in [4.78, 5) is 11.0. The highest BCUT2D eigenvalue weighted by Gasteiger charge is 2.04. The summed E-state index contributed by atoms with van der Waals surface area (Å²) in [5, 5.41) is 0. The van der Waals surface area contributed by atoms with Crippen molar-refractivity contribution in [3.63, 3.8) is 0 Å². The second-order valence-electron chi connectivity index (χ2n) is 3.73. The van der Waals surface area contributed by atoms with Gasteiger partial charge in [-0.2, -0.15) is 0 Å². The van der Waals surface area contributed by atoms with Gasteiger partial charge in [0.1, 0.15) is 0 Å². The predicted molar refractivity (Wildman–Crippen MR) is 60.2 cm³/mol. The Morgan fingerprint density at radius 1 is 1.60 bits per heavy atom. The minimum atomic E-state index is -0.291. The lowest BCUT2D eigenvalue weighted by Gasteiger charge is -2.07. The Kier molecular flexibility index (Phi) is 4.97. The van der Waals surface area contributed by atoms with Crippen molar-refractivity contribution in [1.29, 1.82) is 0 Å². The maximum absolute atomic E-state index is 11.0. The van der Waals surface area contributed by atoms with E-state index in [4.69, 9.17) is 4.74 Å². The van der Waals surface area contributed by atoms with E-state index in [1.807, 2.05) is 6.92 Å². The summed E-state index contributed by atoms with van der Waals surface area (Å²) in [7, 11) is 0. The minimum Gasteiger partial charge on any atom is -0.449 e. The molecule has 0 radical (unpaired) electrons. The van der Waals surface area contributed by atoms with E-state index in [2.05, 4.69) is 17.9 Å². The van der Waals surface area contributed by atoms with Crippen LogP contribution in [0.25, 0.3) is 0 Å². The lowest BCUT2D eigenvalue weighted by Crippen LogP contribution is -2.11. The van der Waals surface area contributed by atoms with Crippen LogP contribution in [-0.2, 0) is 9.53 Å². The molecule has 0 aliphatic heterocycles. The maximum Gasteiger partial charge on any atom is 0.306 e. The second-order valence-corrected chi connectivity index (χ2v) is 3.73. The van der Waals surface area contributed by atoms with Crippen LogP contribution in [0.2, 0.25) is 0 Å². The van der Waals surface area contributed by atoms with E-state index in [9.17, 15) is 4.79 Å². The van der Waals surface area contributed by atoms with Gasteiger partial charge in [0.25, 0.3) is 0 Å². The van der Waals surface area contributed by atoms with Gasteiger partial charge in [0.05, 0.1) is 0 Å². The Labute approximate surface area is 91.7 Å². The molecule has 0 aromatic rings. The van der Waals surface area contributed by atoms with E-state index in [-0.39, 0.29) is 12.1 Å². The van der Waals surface area contributed by atoms with E-state index < -0.39 is 0 Å². The molecule has 0 aromatic carbocycles. The van der Waals surface area contributed by atoms with Gasteiger partial charge in [-0.25, -0.2) is 0 Å². The number of hydrogen-bond acceptors (Lipinski definition) is 2. The first-order chi connectivity index (χ1) is 7.22. The molecule has 2 nitrogen and oxygen atoms in total. The molecule has 1 aliphatic carbocycles. The largest absolute Gasteiger partial charge is 0.449 e. The zero-order chi connectivity index (χ0) is 11.1. The second kappa shape index (κ2) is 6.29. The van der Waals surface area contributed by atoms with Crippen LogP contribution in [0, 0.1) is 11.8 Å². The molecule has 0 N–H and O–H groups in total. The number of ether oxygens (including phenoxy) is 1. The van der Waals surface area contributed by atoms with Crippen molar-refractivity contribution >= 4 is 5.97 Å². The van der Waals surface area contributed by atoms with Gasteiger partial charge in [-0.3, -0.25) is 4.79 Å². The monoisotopic (exact) mass is 206 g/mol. The maximum atomic E-state index is 11.0. The van der Waals surface area contributed by atoms with Gasteiger partial charge in [0.2, 0.25) is 0 Å². The number of carbonyl (C=O) groups excluding carboxylic acids is 1. The summed E-state index contributed by atoms with van der Waals surface area (Å²) in [5.74, 6) is 5.86. The molecule has 0 unspecified atom stereocenters. The Hall–Kier alpha value is -1.23. The number of carbonyl (C=O) groups is 1. The third kappa shape index (κ3) is 4.69. The third-order valence-electron chi connectivity index (χ3n) is 2.32. The van der Waals surface area contributed by atoms with Gasteiger partial charge in [-0.15, -0.1) is 0 Å². The van der Waals surface area contributed by atoms with Crippen LogP contribution in [-0.4, -0.2) is 12.1 Å². The minimum absolute atomic E-state index is 0.186. The van der Waals surface area contributed by atoms with Gasteiger partial charge in [0.15, 0.2) is 6.10 Å². The van der Waals surface area contributed by atoms with Crippen LogP contribution in [0.1, 0.15) is 46.0 Å². The van der Waals surface area contributed by atoms with Crippen molar-refractivity contribution in [2.45, 2.75) is 52.1 Å². The van der Waals surface area contributed by atoms with Gasteiger partial charge in [0, 0.05) is 6.42 Å². The van der Waals surface area contributed by atoms with Crippen LogP contribution in [0.5, 0.6) is 0 Å². The normalized spacial score (nSPS) is 17.1. The Morgan fingerprint density at radius 2 is 2.40 bits per heavy atom. The van der Waals surface area contributed by atoms with Crippen molar-refractivity contribution in [1.82, 2.24) is 0 Å². The molecule has 1 aliphatic rings. The molecule has 0 saturated carbocycles. The van der Waals surface area contributed by atoms with Crippen molar-refractivity contribution in [2.24, 2.45) is 0 Å². The summed E-state index contributed by atoms with van der Waals surface area (Å²) in [5.41, 5.74) is 1.20. The number of allylic oxidation sites excluding steroid dienone is 2. The fraction of sp³-hybridized carbons (Fsp3) is 0.615. The average Bonchev–Trinajstić information content (AvgIpc) is 2.27. The molecule has 1 rings (SSSR count). The van der Waals surface area contributed by atoms with E-state index in [0.29, 0.717) is 6.42 Å². The van der Waals surface area contributed by atoms with Crippen LogP contribution in [0.4, 0.5) is 0 Å².